The molecule has 0 radical (unpaired) electrons. The van der Waals surface area contributed by atoms with Crippen LogP contribution in [0.15, 0.2) is 18.2 Å². The first-order valence-electron chi connectivity index (χ1n) is 7.58. The number of rotatable bonds is 3. The zero-order valence-electron chi connectivity index (χ0n) is 12.4. The first-order valence-corrected chi connectivity index (χ1v) is 7.58. The highest BCUT2D eigenvalue weighted by molar-refractivity contribution is 5.94. The van der Waals surface area contributed by atoms with Crippen molar-refractivity contribution >= 4 is 11.6 Å². The number of benzene rings is 1. The van der Waals surface area contributed by atoms with Gasteiger partial charge in [-0.25, -0.2) is 8.78 Å². The van der Waals surface area contributed by atoms with Crippen LogP contribution in [0.25, 0.3) is 0 Å². The summed E-state index contributed by atoms with van der Waals surface area (Å²) in [5, 5.41) is 2.66. The molecular formula is C16H22F2N2O. The van der Waals surface area contributed by atoms with Crippen molar-refractivity contribution in [2.24, 2.45) is 0 Å². The van der Waals surface area contributed by atoms with Gasteiger partial charge >= 0.3 is 0 Å². The first-order chi connectivity index (χ1) is 10.1. The van der Waals surface area contributed by atoms with E-state index in [1.807, 2.05) is 6.92 Å². The molecule has 1 heterocycles. The minimum Gasteiger partial charge on any atom is -0.325 e. The maximum absolute atomic E-state index is 13.1. The summed E-state index contributed by atoms with van der Waals surface area (Å²) in [6.07, 6.45) is 5.87. The number of hydrogen-bond acceptors (Lipinski definition) is 2. The van der Waals surface area contributed by atoms with E-state index in [2.05, 4.69) is 10.2 Å². The number of carbonyl (C=O) groups excluding carboxylic acids is 1. The highest BCUT2D eigenvalue weighted by Crippen LogP contribution is 2.16. The molecule has 1 aliphatic heterocycles. The Morgan fingerprint density at radius 3 is 2.33 bits per heavy atom. The molecule has 0 unspecified atom stereocenters. The van der Waals surface area contributed by atoms with Gasteiger partial charge in [0.15, 0.2) is 11.6 Å². The van der Waals surface area contributed by atoms with Crippen LogP contribution in [0.5, 0.6) is 0 Å². The number of halogens is 2. The minimum atomic E-state index is -0.952. The third-order valence-electron chi connectivity index (χ3n) is 4.00. The predicted octanol–water partition coefficient (Wildman–Crippen LogP) is 3.56. The number of hydrogen-bond donors (Lipinski definition) is 1. The number of carbonyl (C=O) groups is 1. The summed E-state index contributed by atoms with van der Waals surface area (Å²) in [6.45, 7) is 3.68. The quantitative estimate of drug-likeness (QED) is 0.925. The molecule has 1 fully saturated rings. The van der Waals surface area contributed by atoms with Crippen LogP contribution in [-0.2, 0) is 4.79 Å². The van der Waals surface area contributed by atoms with E-state index in [1.165, 1.54) is 25.3 Å². The van der Waals surface area contributed by atoms with Crippen molar-refractivity contribution in [1.29, 1.82) is 0 Å². The Balaban J connectivity index is 1.95. The summed E-state index contributed by atoms with van der Waals surface area (Å²) < 4.78 is 26.0. The summed E-state index contributed by atoms with van der Waals surface area (Å²) in [4.78, 5) is 14.4. The van der Waals surface area contributed by atoms with Gasteiger partial charge in [-0.2, -0.15) is 0 Å². The molecule has 3 nitrogen and oxygen atoms in total. The van der Waals surface area contributed by atoms with Crippen LogP contribution in [0.4, 0.5) is 14.5 Å². The van der Waals surface area contributed by atoms with Crippen molar-refractivity contribution in [3.05, 3.63) is 29.8 Å². The van der Waals surface area contributed by atoms with Crippen LogP contribution in [0, 0.1) is 11.6 Å². The molecule has 1 aromatic carbocycles. The van der Waals surface area contributed by atoms with E-state index in [-0.39, 0.29) is 17.6 Å². The normalized spacial score (nSPS) is 18.6. The zero-order valence-corrected chi connectivity index (χ0v) is 12.4. The summed E-state index contributed by atoms with van der Waals surface area (Å²) in [7, 11) is 0. The standard InChI is InChI=1S/C16H22F2N2O/c1-12(20-9-5-3-2-4-6-10-20)16(21)19-13-7-8-14(17)15(18)11-13/h7-8,11-12H,2-6,9-10H2,1H3,(H,19,21)/t12-/m1/s1. The molecule has 1 aromatic rings. The van der Waals surface area contributed by atoms with Gasteiger partial charge in [-0.1, -0.05) is 19.3 Å². The van der Waals surface area contributed by atoms with Crippen molar-refractivity contribution < 1.29 is 13.6 Å². The Hall–Kier alpha value is -1.49. The molecular weight excluding hydrogens is 274 g/mol. The number of likely N-dealkylation sites (tertiary alicyclic amines) is 1. The van der Waals surface area contributed by atoms with Gasteiger partial charge in [0.1, 0.15) is 0 Å². The average molecular weight is 296 g/mol. The largest absolute Gasteiger partial charge is 0.325 e. The van der Waals surface area contributed by atoms with Crippen molar-refractivity contribution in [1.82, 2.24) is 4.90 Å². The predicted molar refractivity (Wildman–Crippen MR) is 79.1 cm³/mol. The van der Waals surface area contributed by atoms with E-state index in [0.717, 1.165) is 38.1 Å². The van der Waals surface area contributed by atoms with Gasteiger partial charge in [0.25, 0.3) is 0 Å². The van der Waals surface area contributed by atoms with Gasteiger partial charge < -0.3 is 5.32 Å². The van der Waals surface area contributed by atoms with Crippen molar-refractivity contribution in [3.8, 4) is 0 Å². The molecule has 2 rings (SSSR count). The van der Waals surface area contributed by atoms with Gasteiger partial charge in [-0.3, -0.25) is 9.69 Å². The lowest BCUT2D eigenvalue weighted by Gasteiger charge is -2.29. The molecule has 1 atom stereocenters. The molecule has 116 valence electrons. The summed E-state index contributed by atoms with van der Waals surface area (Å²) in [5.41, 5.74) is 0.290. The molecule has 1 amide bonds. The molecule has 1 saturated heterocycles. The second kappa shape index (κ2) is 7.50. The smallest absolute Gasteiger partial charge is 0.241 e. The fraction of sp³-hybridized carbons (Fsp3) is 0.562. The maximum atomic E-state index is 13.1. The molecule has 0 spiro atoms. The Labute approximate surface area is 124 Å². The third-order valence-corrected chi connectivity index (χ3v) is 4.00. The van der Waals surface area contributed by atoms with E-state index >= 15 is 0 Å². The first kappa shape index (κ1) is 15.9. The van der Waals surface area contributed by atoms with E-state index in [0.29, 0.717) is 0 Å². The minimum absolute atomic E-state index is 0.179. The van der Waals surface area contributed by atoms with Gasteiger partial charge in [0, 0.05) is 11.8 Å². The highest BCUT2D eigenvalue weighted by atomic mass is 19.2. The second-order valence-electron chi connectivity index (χ2n) is 5.60. The van der Waals surface area contributed by atoms with E-state index in [1.54, 1.807) is 0 Å². The van der Waals surface area contributed by atoms with Gasteiger partial charge in [0.05, 0.1) is 6.04 Å². The maximum Gasteiger partial charge on any atom is 0.241 e. The molecule has 1 N–H and O–H groups in total. The molecule has 0 aromatic heterocycles. The van der Waals surface area contributed by atoms with Crippen molar-refractivity contribution in [2.45, 2.75) is 45.1 Å². The molecule has 0 aliphatic carbocycles. The van der Waals surface area contributed by atoms with Crippen LogP contribution >= 0.6 is 0 Å². The van der Waals surface area contributed by atoms with Gasteiger partial charge in [-0.05, 0) is 45.0 Å². The van der Waals surface area contributed by atoms with Gasteiger partial charge in [0.2, 0.25) is 5.91 Å². The van der Waals surface area contributed by atoms with Gasteiger partial charge in [-0.15, -0.1) is 0 Å². The monoisotopic (exact) mass is 296 g/mol. The van der Waals surface area contributed by atoms with Crippen LogP contribution in [-0.4, -0.2) is 29.9 Å². The van der Waals surface area contributed by atoms with Crippen molar-refractivity contribution in [2.75, 3.05) is 18.4 Å². The Morgan fingerprint density at radius 1 is 1.10 bits per heavy atom. The van der Waals surface area contributed by atoms with Crippen LogP contribution in [0.2, 0.25) is 0 Å². The Kier molecular flexibility index (Phi) is 5.67. The second-order valence-corrected chi connectivity index (χ2v) is 5.60. The Morgan fingerprint density at radius 2 is 1.71 bits per heavy atom. The van der Waals surface area contributed by atoms with E-state index in [9.17, 15) is 13.6 Å². The van der Waals surface area contributed by atoms with Crippen LogP contribution in [0.1, 0.15) is 39.0 Å². The molecule has 0 bridgehead atoms. The highest BCUT2D eigenvalue weighted by Gasteiger charge is 2.21. The number of anilines is 1. The topological polar surface area (TPSA) is 32.3 Å². The van der Waals surface area contributed by atoms with E-state index in [4.69, 9.17) is 0 Å². The third kappa shape index (κ3) is 4.49. The van der Waals surface area contributed by atoms with Crippen molar-refractivity contribution in [3.63, 3.8) is 0 Å². The summed E-state index contributed by atoms with van der Waals surface area (Å²) in [5.74, 6) is -2.04. The Bertz CT molecular complexity index is 485. The summed E-state index contributed by atoms with van der Waals surface area (Å²) >= 11 is 0. The summed E-state index contributed by atoms with van der Waals surface area (Å²) in [6, 6.07) is 3.13. The lowest BCUT2D eigenvalue weighted by atomic mass is 10.1. The fourth-order valence-electron chi connectivity index (χ4n) is 2.65. The number of amides is 1. The number of nitrogens with one attached hydrogen (secondary N) is 1. The zero-order chi connectivity index (χ0) is 15.2. The molecule has 5 heteroatoms. The van der Waals surface area contributed by atoms with E-state index < -0.39 is 11.6 Å². The molecule has 21 heavy (non-hydrogen) atoms. The van der Waals surface area contributed by atoms with Crippen LogP contribution in [0.3, 0.4) is 0 Å². The molecule has 1 aliphatic rings. The lowest BCUT2D eigenvalue weighted by Crippen LogP contribution is -2.43. The lowest BCUT2D eigenvalue weighted by molar-refractivity contribution is -0.120. The number of nitrogens with zero attached hydrogens (tertiary/aromatic N) is 1. The van der Waals surface area contributed by atoms with Crippen LogP contribution < -0.4 is 5.32 Å². The SMILES string of the molecule is C[C@H](C(=O)Nc1ccc(F)c(F)c1)N1CCCCCCC1. The molecule has 0 saturated carbocycles. The average Bonchev–Trinajstić information content (AvgIpc) is 2.42. The fourth-order valence-corrected chi connectivity index (χ4v) is 2.65.